The van der Waals surface area contributed by atoms with Crippen molar-refractivity contribution in [2.24, 2.45) is 9.98 Å². The van der Waals surface area contributed by atoms with Crippen LogP contribution >= 0.6 is 0 Å². The maximum absolute atomic E-state index is 12.3. The Labute approximate surface area is 157 Å². The molecule has 0 aliphatic carbocycles. The molecule has 1 atom stereocenters. The van der Waals surface area contributed by atoms with Gasteiger partial charge in [0.25, 0.3) is 0 Å². The van der Waals surface area contributed by atoms with Crippen molar-refractivity contribution in [3.8, 4) is 0 Å². The Hall–Kier alpha value is -3.28. The number of carbonyl (C=O) groups excluding carboxylic acids is 2. The van der Waals surface area contributed by atoms with Crippen LogP contribution in [0, 0.1) is 0 Å². The number of carbonyl (C=O) groups is 2. The Morgan fingerprint density at radius 3 is 2.44 bits per heavy atom. The predicted octanol–water partition coefficient (Wildman–Crippen LogP) is 3.72. The summed E-state index contributed by atoms with van der Waals surface area (Å²) in [5.41, 5.74) is 2.45. The van der Waals surface area contributed by atoms with Gasteiger partial charge >= 0.3 is 11.9 Å². The van der Waals surface area contributed by atoms with Gasteiger partial charge in [-0.25, -0.2) is 14.6 Å². The summed E-state index contributed by atoms with van der Waals surface area (Å²) in [5.74, 6) is -0.498. The molecule has 1 aliphatic heterocycles. The first kappa shape index (κ1) is 18.5. The van der Waals surface area contributed by atoms with Gasteiger partial charge in [0.1, 0.15) is 0 Å². The van der Waals surface area contributed by atoms with E-state index >= 15 is 0 Å². The number of cyclic esters (lactones) is 1. The predicted molar refractivity (Wildman–Crippen MR) is 103 cm³/mol. The average Bonchev–Trinajstić information content (AvgIpc) is 3.09. The third-order valence-electron chi connectivity index (χ3n) is 4.02. The fourth-order valence-electron chi connectivity index (χ4n) is 2.66. The van der Waals surface area contributed by atoms with E-state index in [-0.39, 0.29) is 5.97 Å². The number of nitrogens with zero attached hydrogens (tertiary/aromatic N) is 2. The van der Waals surface area contributed by atoms with Crippen LogP contribution in [-0.4, -0.2) is 36.2 Å². The maximum atomic E-state index is 12.3. The van der Waals surface area contributed by atoms with Gasteiger partial charge < -0.3 is 9.47 Å². The molecule has 27 heavy (non-hydrogen) atoms. The molecule has 138 valence electrons. The van der Waals surface area contributed by atoms with Gasteiger partial charge in [-0.2, -0.15) is 0 Å². The van der Waals surface area contributed by atoms with E-state index in [0.717, 1.165) is 5.56 Å². The lowest BCUT2D eigenvalue weighted by molar-refractivity contribution is -0.133. The van der Waals surface area contributed by atoms with Crippen LogP contribution in [0.3, 0.4) is 0 Å². The number of aliphatic imine (C=N–C) groups is 2. The van der Waals surface area contributed by atoms with Gasteiger partial charge in [-0.05, 0) is 49.7 Å². The van der Waals surface area contributed by atoms with Gasteiger partial charge in [0.15, 0.2) is 6.04 Å². The van der Waals surface area contributed by atoms with E-state index in [1.165, 1.54) is 0 Å². The Kier molecular flexibility index (Phi) is 5.76. The third-order valence-corrected chi connectivity index (χ3v) is 4.02. The fraction of sp³-hybridized carbons (Fsp3) is 0.238. The van der Waals surface area contributed by atoms with Crippen molar-refractivity contribution in [3.63, 3.8) is 0 Å². The van der Waals surface area contributed by atoms with E-state index in [4.69, 9.17) is 9.47 Å². The van der Waals surface area contributed by atoms with Crippen molar-refractivity contribution in [3.05, 3.63) is 65.7 Å². The second kappa shape index (κ2) is 8.40. The molecule has 1 unspecified atom stereocenters. The molecule has 0 saturated heterocycles. The Morgan fingerprint density at radius 1 is 1.11 bits per heavy atom. The lowest BCUT2D eigenvalue weighted by Gasteiger charge is -2.07. The van der Waals surface area contributed by atoms with Gasteiger partial charge in [-0.1, -0.05) is 25.1 Å². The molecule has 0 bridgehead atoms. The van der Waals surface area contributed by atoms with Crippen LogP contribution < -0.4 is 0 Å². The summed E-state index contributed by atoms with van der Waals surface area (Å²) in [6.45, 7) is 3.99. The highest BCUT2D eigenvalue weighted by Crippen LogP contribution is 2.20. The molecule has 0 saturated carbocycles. The van der Waals surface area contributed by atoms with Gasteiger partial charge in [0.05, 0.1) is 23.6 Å². The van der Waals surface area contributed by atoms with E-state index < -0.39 is 12.0 Å². The maximum Gasteiger partial charge on any atom is 0.343 e. The van der Waals surface area contributed by atoms with Crippen LogP contribution in [0.4, 0.5) is 5.69 Å². The van der Waals surface area contributed by atoms with Crippen molar-refractivity contribution >= 4 is 29.2 Å². The number of ether oxygens (including phenoxy) is 2. The average molecular weight is 364 g/mol. The molecule has 2 aromatic rings. The number of hydrogen-bond acceptors (Lipinski definition) is 6. The van der Waals surface area contributed by atoms with Gasteiger partial charge in [-0.3, -0.25) is 4.99 Å². The van der Waals surface area contributed by atoms with Crippen molar-refractivity contribution in [2.75, 3.05) is 6.61 Å². The largest absolute Gasteiger partial charge is 0.462 e. The Balaban J connectivity index is 1.83. The minimum atomic E-state index is -0.755. The topological polar surface area (TPSA) is 77.3 Å². The van der Waals surface area contributed by atoms with Gasteiger partial charge in [-0.15, -0.1) is 0 Å². The quantitative estimate of drug-likeness (QED) is 0.578. The zero-order valence-corrected chi connectivity index (χ0v) is 15.2. The minimum absolute atomic E-state index is 0.310. The van der Waals surface area contributed by atoms with Crippen LogP contribution in [0.1, 0.15) is 36.2 Å². The van der Waals surface area contributed by atoms with Crippen molar-refractivity contribution in [1.82, 2.24) is 0 Å². The molecule has 0 spiro atoms. The molecular weight excluding hydrogens is 344 g/mol. The van der Waals surface area contributed by atoms with Crippen LogP contribution in [0.2, 0.25) is 0 Å². The lowest BCUT2D eigenvalue weighted by Crippen LogP contribution is -2.24. The number of benzene rings is 2. The molecule has 6 nitrogen and oxygen atoms in total. The van der Waals surface area contributed by atoms with Gasteiger partial charge in [0, 0.05) is 5.56 Å². The summed E-state index contributed by atoms with van der Waals surface area (Å²) in [5, 5.41) is 0. The number of rotatable bonds is 6. The second-order valence-electron chi connectivity index (χ2n) is 5.85. The minimum Gasteiger partial charge on any atom is -0.462 e. The molecule has 0 amide bonds. The zero-order chi connectivity index (χ0) is 19.2. The van der Waals surface area contributed by atoms with Crippen molar-refractivity contribution in [2.45, 2.75) is 26.3 Å². The van der Waals surface area contributed by atoms with Crippen molar-refractivity contribution < 1.29 is 19.1 Å². The Morgan fingerprint density at radius 2 is 1.81 bits per heavy atom. The highest BCUT2D eigenvalue weighted by molar-refractivity contribution is 6.16. The standard InChI is InChI=1S/C21H20N2O4/c1-3-17(22-16-12-10-15(11-13-16)20(24)26-4-2)18-21(25)27-19(23-18)14-8-6-5-7-9-14/h5-13,18H,3-4H2,1-2H3. The van der Waals surface area contributed by atoms with E-state index in [1.54, 1.807) is 31.2 Å². The first-order chi connectivity index (χ1) is 13.1. The number of esters is 2. The SMILES string of the molecule is CCOC(=O)c1ccc(N=C(CC)C2N=C(c3ccccc3)OC2=O)cc1. The molecule has 6 heteroatoms. The summed E-state index contributed by atoms with van der Waals surface area (Å²) in [6.07, 6.45) is 0.547. The molecular formula is C21H20N2O4. The van der Waals surface area contributed by atoms with E-state index in [2.05, 4.69) is 9.98 Å². The summed E-state index contributed by atoms with van der Waals surface area (Å²) in [6, 6.07) is 15.3. The first-order valence-electron chi connectivity index (χ1n) is 8.82. The monoisotopic (exact) mass is 364 g/mol. The summed E-state index contributed by atoms with van der Waals surface area (Å²) < 4.78 is 10.3. The summed E-state index contributed by atoms with van der Waals surface area (Å²) in [4.78, 5) is 33.0. The van der Waals surface area contributed by atoms with Crippen LogP contribution in [-0.2, 0) is 14.3 Å². The molecule has 0 aromatic heterocycles. The van der Waals surface area contributed by atoms with Crippen LogP contribution in [0.25, 0.3) is 0 Å². The molecule has 0 N–H and O–H groups in total. The molecule has 1 heterocycles. The Bertz CT molecular complexity index is 886. The molecule has 0 radical (unpaired) electrons. The fourth-order valence-corrected chi connectivity index (χ4v) is 2.66. The lowest BCUT2D eigenvalue weighted by atomic mass is 10.1. The smallest absolute Gasteiger partial charge is 0.343 e. The third kappa shape index (κ3) is 4.28. The van der Waals surface area contributed by atoms with E-state index in [9.17, 15) is 9.59 Å². The molecule has 2 aromatic carbocycles. The highest BCUT2D eigenvalue weighted by Gasteiger charge is 2.33. The molecule has 3 rings (SSSR count). The first-order valence-corrected chi connectivity index (χ1v) is 8.82. The van der Waals surface area contributed by atoms with Crippen LogP contribution in [0.15, 0.2) is 64.6 Å². The zero-order valence-electron chi connectivity index (χ0n) is 15.2. The van der Waals surface area contributed by atoms with E-state index in [0.29, 0.717) is 35.9 Å². The normalized spacial score (nSPS) is 16.7. The summed E-state index contributed by atoms with van der Waals surface area (Å²) in [7, 11) is 0. The molecule has 0 fully saturated rings. The highest BCUT2D eigenvalue weighted by atomic mass is 16.6. The summed E-state index contributed by atoms with van der Waals surface area (Å²) >= 11 is 0. The molecule has 1 aliphatic rings. The van der Waals surface area contributed by atoms with Gasteiger partial charge in [0.2, 0.25) is 5.90 Å². The second-order valence-corrected chi connectivity index (χ2v) is 5.85. The van der Waals surface area contributed by atoms with Crippen molar-refractivity contribution in [1.29, 1.82) is 0 Å². The van der Waals surface area contributed by atoms with Crippen LogP contribution in [0.5, 0.6) is 0 Å². The number of hydrogen-bond donors (Lipinski definition) is 0. The van der Waals surface area contributed by atoms with E-state index in [1.807, 2.05) is 37.3 Å².